The molecule has 1 heterocycles. The molecule has 0 fully saturated rings. The zero-order valence-electron chi connectivity index (χ0n) is 19.6. The van der Waals surface area contributed by atoms with E-state index in [2.05, 4.69) is 30.3 Å². The minimum absolute atomic E-state index is 0.0268. The first-order chi connectivity index (χ1) is 15.6. The van der Waals surface area contributed by atoms with Crippen LogP contribution in [0.25, 0.3) is 11.1 Å². The van der Waals surface area contributed by atoms with Crippen molar-refractivity contribution in [2.45, 2.75) is 33.1 Å². The van der Waals surface area contributed by atoms with Crippen molar-refractivity contribution in [2.24, 2.45) is 0 Å². The lowest BCUT2D eigenvalue weighted by atomic mass is 10.0. The van der Waals surface area contributed by atoms with E-state index in [9.17, 15) is 14.4 Å². The molecule has 0 aliphatic rings. The molecule has 2 amide bonds. The zero-order chi connectivity index (χ0) is 24.2. The molecule has 0 spiro atoms. The summed E-state index contributed by atoms with van der Waals surface area (Å²) in [6.45, 7) is 8.17. The number of methoxy groups -OCH3 is 1. The summed E-state index contributed by atoms with van der Waals surface area (Å²) in [5, 5.41) is 7.03. The summed E-state index contributed by atoms with van der Waals surface area (Å²) in [7, 11) is -0.230. The molecule has 172 valence electrons. The van der Waals surface area contributed by atoms with E-state index in [-0.39, 0.29) is 23.8 Å². The summed E-state index contributed by atoms with van der Waals surface area (Å²) in [4.78, 5) is 36.3. The lowest BCUT2D eigenvalue weighted by molar-refractivity contribution is -0.117. The van der Waals surface area contributed by atoms with Crippen molar-refractivity contribution in [3.8, 4) is 16.9 Å². The van der Waals surface area contributed by atoms with Crippen molar-refractivity contribution < 1.29 is 14.3 Å². The average molecular weight is 464 g/mol. The number of pyridine rings is 1. The van der Waals surface area contributed by atoms with Gasteiger partial charge in [0, 0.05) is 37.0 Å². The van der Waals surface area contributed by atoms with Crippen molar-refractivity contribution in [1.82, 2.24) is 4.57 Å². The predicted octanol–water partition coefficient (Wildman–Crippen LogP) is 3.67. The molecular weight excluding hydrogens is 434 g/mol. The topological polar surface area (TPSA) is 89.4 Å². The Morgan fingerprint density at radius 3 is 2.12 bits per heavy atom. The van der Waals surface area contributed by atoms with Gasteiger partial charge in [-0.3, -0.25) is 14.4 Å². The highest BCUT2D eigenvalue weighted by atomic mass is 28.3. The standard InChI is InChI=1S/C25H29N3O4Si/c1-17(29)26-21-10-11-22(33(3,4)5)24(18-6-8-20(32-2)9-7-18)25(21)27-23(31)16-28-14-12-19(30)13-15-28/h6-15H,16H2,1-5H3,(H,26,29)(H,27,31). The van der Waals surface area contributed by atoms with E-state index in [1.807, 2.05) is 36.4 Å². The number of hydrogen-bond donors (Lipinski definition) is 2. The number of anilines is 2. The number of amides is 2. The van der Waals surface area contributed by atoms with Gasteiger partial charge in [-0.15, -0.1) is 0 Å². The summed E-state index contributed by atoms with van der Waals surface area (Å²) in [6.07, 6.45) is 3.14. The second kappa shape index (κ2) is 9.87. The monoisotopic (exact) mass is 463 g/mol. The smallest absolute Gasteiger partial charge is 0.244 e. The Labute approximate surface area is 194 Å². The van der Waals surface area contributed by atoms with Gasteiger partial charge in [-0.25, -0.2) is 0 Å². The maximum Gasteiger partial charge on any atom is 0.244 e. The van der Waals surface area contributed by atoms with Gasteiger partial charge in [0.1, 0.15) is 12.3 Å². The van der Waals surface area contributed by atoms with Crippen molar-refractivity contribution in [3.63, 3.8) is 0 Å². The van der Waals surface area contributed by atoms with Crippen LogP contribution in [-0.4, -0.2) is 31.6 Å². The van der Waals surface area contributed by atoms with Crippen molar-refractivity contribution >= 4 is 36.4 Å². The van der Waals surface area contributed by atoms with Crippen molar-refractivity contribution in [1.29, 1.82) is 0 Å². The predicted molar refractivity (Wildman–Crippen MR) is 135 cm³/mol. The van der Waals surface area contributed by atoms with E-state index >= 15 is 0 Å². The van der Waals surface area contributed by atoms with Gasteiger partial charge in [0.05, 0.1) is 26.6 Å². The van der Waals surface area contributed by atoms with Gasteiger partial charge < -0.3 is 19.9 Å². The lowest BCUT2D eigenvalue weighted by Gasteiger charge is -2.26. The fraction of sp³-hybridized carbons (Fsp3) is 0.240. The number of carbonyl (C=O) groups excluding carboxylic acids is 2. The fourth-order valence-corrected chi connectivity index (χ4v) is 5.21. The van der Waals surface area contributed by atoms with E-state index in [0.29, 0.717) is 11.4 Å². The minimum Gasteiger partial charge on any atom is -0.497 e. The van der Waals surface area contributed by atoms with E-state index in [1.165, 1.54) is 19.1 Å². The van der Waals surface area contributed by atoms with Gasteiger partial charge >= 0.3 is 0 Å². The Kier molecular flexibility index (Phi) is 7.18. The molecule has 2 N–H and O–H groups in total. The molecule has 0 atom stereocenters. The Hall–Kier alpha value is -3.65. The number of carbonyl (C=O) groups is 2. The average Bonchev–Trinajstić information content (AvgIpc) is 2.75. The molecule has 7 nitrogen and oxygen atoms in total. The second-order valence-electron chi connectivity index (χ2n) is 8.82. The van der Waals surface area contributed by atoms with Crippen molar-refractivity contribution in [3.05, 3.63) is 71.1 Å². The largest absolute Gasteiger partial charge is 0.497 e. The van der Waals surface area contributed by atoms with Gasteiger partial charge in [-0.1, -0.05) is 43.0 Å². The second-order valence-corrected chi connectivity index (χ2v) is 13.9. The molecule has 1 aromatic heterocycles. The van der Waals surface area contributed by atoms with Gasteiger partial charge in [-0.05, 0) is 23.8 Å². The molecule has 2 aromatic carbocycles. The molecular formula is C25H29N3O4Si. The Balaban J connectivity index is 2.14. The first-order valence-corrected chi connectivity index (χ1v) is 14.1. The van der Waals surface area contributed by atoms with Crippen LogP contribution >= 0.6 is 0 Å². The summed E-state index contributed by atoms with van der Waals surface area (Å²) in [6, 6.07) is 14.3. The summed E-state index contributed by atoms with van der Waals surface area (Å²) in [5.74, 6) is 0.232. The molecule has 0 unspecified atom stereocenters. The molecule has 0 saturated carbocycles. The van der Waals surface area contributed by atoms with Crippen LogP contribution in [0.1, 0.15) is 6.92 Å². The number of aromatic nitrogens is 1. The molecule has 0 radical (unpaired) electrons. The van der Waals surface area contributed by atoms with E-state index < -0.39 is 8.07 Å². The summed E-state index contributed by atoms with van der Waals surface area (Å²) in [5.41, 5.74) is 2.77. The molecule has 3 aromatic rings. The quantitative estimate of drug-likeness (QED) is 0.523. The first kappa shape index (κ1) is 24.0. The summed E-state index contributed by atoms with van der Waals surface area (Å²) >= 11 is 0. The third-order valence-corrected chi connectivity index (χ3v) is 7.19. The van der Waals surface area contributed by atoms with Crippen LogP contribution in [0.5, 0.6) is 5.75 Å². The maximum absolute atomic E-state index is 13.0. The Bertz CT molecular complexity index is 1210. The molecule has 0 bridgehead atoms. The van der Waals surface area contributed by atoms with Gasteiger partial charge in [0.25, 0.3) is 0 Å². The number of hydrogen-bond acceptors (Lipinski definition) is 4. The third-order valence-electron chi connectivity index (χ3n) is 5.15. The van der Waals surface area contributed by atoms with E-state index in [4.69, 9.17) is 4.74 Å². The highest BCUT2D eigenvalue weighted by Crippen LogP contribution is 2.35. The fourth-order valence-electron chi connectivity index (χ4n) is 3.60. The van der Waals surface area contributed by atoms with E-state index in [1.54, 1.807) is 24.1 Å². The lowest BCUT2D eigenvalue weighted by Crippen LogP contribution is -2.39. The third kappa shape index (κ3) is 5.98. The normalized spacial score (nSPS) is 11.1. The number of benzene rings is 2. The van der Waals surface area contributed by atoms with E-state index in [0.717, 1.165) is 22.1 Å². The Morgan fingerprint density at radius 2 is 1.58 bits per heavy atom. The molecule has 3 rings (SSSR count). The highest BCUT2D eigenvalue weighted by Gasteiger charge is 2.26. The molecule has 33 heavy (non-hydrogen) atoms. The molecule has 0 saturated heterocycles. The highest BCUT2D eigenvalue weighted by molar-refractivity contribution is 6.89. The summed E-state index contributed by atoms with van der Waals surface area (Å²) < 4.78 is 6.93. The molecule has 0 aliphatic heterocycles. The van der Waals surface area contributed by atoms with Crippen LogP contribution < -0.4 is 26.0 Å². The SMILES string of the molecule is COc1ccc(-c2c([Si](C)(C)C)ccc(NC(C)=O)c2NC(=O)Cn2ccc(=O)cc2)cc1. The maximum atomic E-state index is 13.0. The number of ether oxygens (including phenoxy) is 1. The van der Waals surface area contributed by atoms with Gasteiger partial charge in [0.15, 0.2) is 5.43 Å². The number of nitrogens with zero attached hydrogens (tertiary/aromatic N) is 1. The molecule has 8 heteroatoms. The van der Waals surface area contributed by atoms with Crippen LogP contribution in [0.2, 0.25) is 19.6 Å². The zero-order valence-corrected chi connectivity index (χ0v) is 20.6. The minimum atomic E-state index is -1.84. The van der Waals surface area contributed by atoms with Gasteiger partial charge in [-0.2, -0.15) is 0 Å². The number of rotatable bonds is 7. The van der Waals surface area contributed by atoms with Crippen LogP contribution in [0.3, 0.4) is 0 Å². The van der Waals surface area contributed by atoms with Crippen LogP contribution in [0, 0.1) is 0 Å². The Morgan fingerprint density at radius 1 is 0.939 bits per heavy atom. The van der Waals surface area contributed by atoms with Crippen LogP contribution in [0.4, 0.5) is 11.4 Å². The van der Waals surface area contributed by atoms with Gasteiger partial charge in [0.2, 0.25) is 11.8 Å². The van der Waals surface area contributed by atoms with Crippen molar-refractivity contribution in [2.75, 3.05) is 17.7 Å². The number of nitrogens with one attached hydrogen (secondary N) is 2. The first-order valence-electron chi connectivity index (χ1n) is 10.6. The van der Waals surface area contributed by atoms with Crippen LogP contribution in [0.15, 0.2) is 65.7 Å². The molecule has 0 aliphatic carbocycles. The van der Waals surface area contributed by atoms with Crippen LogP contribution in [-0.2, 0) is 16.1 Å².